The number of nitrogens with zero attached hydrogens (tertiary/aromatic N) is 1. The van der Waals surface area contributed by atoms with E-state index in [1.54, 1.807) is 18.7 Å². The van der Waals surface area contributed by atoms with E-state index in [2.05, 4.69) is 34.6 Å². The Morgan fingerprint density at radius 2 is 1.71 bits per heavy atom. The molecule has 0 bridgehead atoms. The molecular formula is C42H61F2NO7. The van der Waals surface area contributed by atoms with Gasteiger partial charge in [0.15, 0.2) is 6.29 Å². The van der Waals surface area contributed by atoms with E-state index >= 15 is 0 Å². The van der Waals surface area contributed by atoms with E-state index in [1.165, 1.54) is 18.6 Å². The van der Waals surface area contributed by atoms with Gasteiger partial charge in [-0.05, 0) is 128 Å². The number of carbonyl (C=O) groups is 1. The highest BCUT2D eigenvalue weighted by Crippen LogP contribution is 2.89. The van der Waals surface area contributed by atoms with E-state index in [9.17, 15) is 28.9 Å². The second kappa shape index (κ2) is 12.2. The summed E-state index contributed by atoms with van der Waals surface area (Å²) >= 11 is 0. The minimum Gasteiger partial charge on any atom is -0.390 e. The van der Waals surface area contributed by atoms with Gasteiger partial charge in [-0.1, -0.05) is 34.6 Å². The molecule has 52 heavy (non-hydrogen) atoms. The molecule has 5 saturated carbocycles. The predicted octanol–water partition coefficient (Wildman–Crippen LogP) is 6.02. The van der Waals surface area contributed by atoms with Gasteiger partial charge < -0.3 is 34.4 Å². The number of halogens is 2. The van der Waals surface area contributed by atoms with Crippen molar-refractivity contribution < 1.29 is 43.1 Å². The molecule has 2 heterocycles. The lowest BCUT2D eigenvalue weighted by atomic mass is 9.41. The van der Waals surface area contributed by atoms with Gasteiger partial charge in [-0.2, -0.15) is 0 Å². The monoisotopic (exact) mass is 729 g/mol. The van der Waals surface area contributed by atoms with E-state index in [-0.39, 0.29) is 70.0 Å². The van der Waals surface area contributed by atoms with E-state index in [0.29, 0.717) is 37.0 Å². The van der Waals surface area contributed by atoms with Crippen molar-refractivity contribution in [2.24, 2.45) is 50.7 Å². The summed E-state index contributed by atoms with van der Waals surface area (Å²) in [6, 6.07) is 3.22. The smallest absolute Gasteiger partial charge is 0.227 e. The van der Waals surface area contributed by atoms with Crippen LogP contribution in [-0.2, 0) is 25.4 Å². The van der Waals surface area contributed by atoms with Crippen LogP contribution in [0.25, 0.3) is 0 Å². The van der Waals surface area contributed by atoms with Crippen molar-refractivity contribution in [1.82, 2.24) is 4.90 Å². The summed E-state index contributed by atoms with van der Waals surface area (Å²) in [6.07, 6.45) is 5.00. The second-order valence-electron chi connectivity index (χ2n) is 19.9. The van der Waals surface area contributed by atoms with Crippen LogP contribution in [-0.4, -0.2) is 88.2 Å². The Morgan fingerprint density at radius 3 is 2.40 bits per heavy atom. The van der Waals surface area contributed by atoms with Gasteiger partial charge in [-0.15, -0.1) is 0 Å². The number of morpholine rings is 1. The van der Waals surface area contributed by atoms with Crippen LogP contribution in [0.15, 0.2) is 18.2 Å². The molecule has 2 aliphatic heterocycles. The molecule has 2 saturated heterocycles. The third-order valence-electron chi connectivity index (χ3n) is 16.8. The molecule has 7 aliphatic rings. The molecule has 1 aromatic rings. The number of fused-ring (bicyclic) bond motifs is 4. The highest BCUT2D eigenvalue weighted by molar-refractivity contribution is 5.78. The predicted molar refractivity (Wildman–Crippen MR) is 190 cm³/mol. The first-order valence-electron chi connectivity index (χ1n) is 20.0. The Hall–Kier alpha value is -1.69. The first-order chi connectivity index (χ1) is 24.3. The van der Waals surface area contributed by atoms with Crippen molar-refractivity contribution in [3.63, 3.8) is 0 Å². The molecule has 290 valence electrons. The lowest BCUT2D eigenvalue weighted by Crippen LogP contribution is -2.60. The standard InChI is InChI=1S/C42H61F2NO7/c1-23-16-27(35(47)38(4,5)49)51-34-33(23)39(6)12-13-42-22-41(42)11-10-30(37(2,3)28(41)8-9-29(42)40(39,7)36(34)48)52-32-21-45(14-15-50-32)31(46)19-24-17-25(43)20-26(44)18-24/h17-18,20,23,27-30,32-36,47-49H,8-16,19,21-22H2,1-7H3/t23-,27?,28+,29?,30?,32?,33?,34?,35?,36+,39?,40-,41?,42?/m1/s1. The van der Waals surface area contributed by atoms with Gasteiger partial charge in [0.25, 0.3) is 0 Å². The Morgan fingerprint density at radius 1 is 1.04 bits per heavy atom. The van der Waals surface area contributed by atoms with E-state index < -0.39 is 41.8 Å². The van der Waals surface area contributed by atoms with E-state index in [4.69, 9.17) is 14.2 Å². The summed E-state index contributed by atoms with van der Waals surface area (Å²) in [6.45, 7) is 16.1. The Balaban J connectivity index is 0.974. The number of aliphatic hydroxyl groups excluding tert-OH is 2. The number of hydrogen-bond donors (Lipinski definition) is 3. The molecule has 10 unspecified atom stereocenters. The number of benzene rings is 1. The zero-order chi connectivity index (χ0) is 37.4. The molecule has 1 aromatic carbocycles. The maximum absolute atomic E-state index is 13.8. The lowest BCUT2D eigenvalue weighted by molar-refractivity contribution is -0.248. The van der Waals surface area contributed by atoms with Gasteiger partial charge in [-0.3, -0.25) is 4.79 Å². The topological polar surface area (TPSA) is 109 Å². The lowest BCUT2D eigenvalue weighted by Gasteiger charge is -2.64. The van der Waals surface area contributed by atoms with Crippen molar-refractivity contribution in [3.8, 4) is 0 Å². The van der Waals surface area contributed by atoms with Gasteiger partial charge in [0.2, 0.25) is 5.91 Å². The van der Waals surface area contributed by atoms with Crippen LogP contribution in [0, 0.1) is 62.4 Å². The average molecular weight is 730 g/mol. The quantitative estimate of drug-likeness (QED) is 0.329. The molecule has 5 aliphatic carbocycles. The SMILES string of the molecule is C[C@@H]1CC(C(O)C(C)(C)O)OC2C1C1(C)CCC34CC35CCC(OC3CN(C(=O)Cc6cc(F)cc(F)c6)CCO3)C(C)(C)[C@@H]5CCC4[C@]1(C)[C@H]2O. The molecule has 8 nitrogen and oxygen atoms in total. The Kier molecular flexibility index (Phi) is 8.70. The molecule has 1 amide bonds. The van der Waals surface area contributed by atoms with Crippen LogP contribution < -0.4 is 0 Å². The fourth-order valence-electron chi connectivity index (χ4n) is 14.3. The van der Waals surface area contributed by atoms with Gasteiger partial charge in [-0.25, -0.2) is 8.78 Å². The van der Waals surface area contributed by atoms with E-state index in [0.717, 1.165) is 44.6 Å². The summed E-state index contributed by atoms with van der Waals surface area (Å²) in [5, 5.41) is 34.2. The second-order valence-corrected chi connectivity index (χ2v) is 19.9. The fraction of sp³-hybridized carbons (Fsp3) is 0.833. The summed E-state index contributed by atoms with van der Waals surface area (Å²) in [7, 11) is 0. The van der Waals surface area contributed by atoms with Crippen molar-refractivity contribution in [2.45, 2.75) is 149 Å². The number of ether oxygens (including phenoxy) is 3. The van der Waals surface area contributed by atoms with Crippen LogP contribution in [0.4, 0.5) is 8.78 Å². The Labute approximate surface area is 308 Å². The van der Waals surface area contributed by atoms with Crippen molar-refractivity contribution in [1.29, 1.82) is 0 Å². The van der Waals surface area contributed by atoms with Crippen LogP contribution in [0.1, 0.15) is 105 Å². The fourth-order valence-corrected chi connectivity index (χ4v) is 14.3. The molecular weight excluding hydrogens is 668 g/mol. The molecule has 0 aromatic heterocycles. The van der Waals surface area contributed by atoms with Crippen molar-refractivity contribution in [2.75, 3.05) is 19.7 Å². The molecule has 0 radical (unpaired) electrons. The highest BCUT2D eigenvalue weighted by Gasteiger charge is 2.84. The normalized spacial score (nSPS) is 47.0. The maximum atomic E-state index is 13.8. The van der Waals surface area contributed by atoms with Crippen molar-refractivity contribution in [3.05, 3.63) is 35.4 Å². The number of aliphatic hydroxyl groups is 3. The highest BCUT2D eigenvalue weighted by atomic mass is 19.1. The number of amides is 1. The number of rotatable bonds is 6. The van der Waals surface area contributed by atoms with Crippen LogP contribution in [0.3, 0.4) is 0 Å². The molecule has 8 rings (SSSR count). The van der Waals surface area contributed by atoms with Gasteiger partial charge in [0, 0.05) is 18.0 Å². The Bertz CT molecular complexity index is 1560. The minimum absolute atomic E-state index is 0.0348. The average Bonchev–Trinajstić information content (AvgIpc) is 3.69. The maximum Gasteiger partial charge on any atom is 0.227 e. The minimum atomic E-state index is -1.29. The first-order valence-corrected chi connectivity index (χ1v) is 20.0. The summed E-state index contributed by atoms with van der Waals surface area (Å²) in [5.41, 5.74) is -1.12. The number of carbonyl (C=O) groups excluding carboxylic acids is 1. The summed E-state index contributed by atoms with van der Waals surface area (Å²) in [5.74, 6) is -0.282. The third kappa shape index (κ3) is 5.19. The van der Waals surface area contributed by atoms with Crippen LogP contribution in [0.5, 0.6) is 0 Å². The van der Waals surface area contributed by atoms with Gasteiger partial charge in [0.1, 0.15) is 17.7 Å². The van der Waals surface area contributed by atoms with Gasteiger partial charge >= 0.3 is 0 Å². The molecule has 10 heteroatoms. The molecule has 2 spiro atoms. The largest absolute Gasteiger partial charge is 0.390 e. The van der Waals surface area contributed by atoms with E-state index in [1.807, 2.05) is 0 Å². The summed E-state index contributed by atoms with van der Waals surface area (Å²) in [4.78, 5) is 14.9. The van der Waals surface area contributed by atoms with Crippen LogP contribution in [0.2, 0.25) is 0 Å². The first kappa shape index (κ1) is 37.2. The zero-order valence-corrected chi connectivity index (χ0v) is 32.2. The van der Waals surface area contributed by atoms with Crippen molar-refractivity contribution >= 4 is 5.91 Å². The molecule has 3 N–H and O–H groups in total. The van der Waals surface area contributed by atoms with Gasteiger partial charge in [0.05, 0.1) is 49.6 Å². The number of hydrogen-bond acceptors (Lipinski definition) is 7. The molecule has 7 fully saturated rings. The molecule has 14 atom stereocenters. The van der Waals surface area contributed by atoms with Crippen LogP contribution >= 0.6 is 0 Å². The summed E-state index contributed by atoms with van der Waals surface area (Å²) < 4.78 is 47.1. The zero-order valence-electron chi connectivity index (χ0n) is 32.2. The third-order valence-corrected chi connectivity index (χ3v) is 16.8.